The number of para-hydroxylation sites is 2. The quantitative estimate of drug-likeness (QED) is 0.743. The zero-order valence-corrected chi connectivity index (χ0v) is 14.6. The van der Waals surface area contributed by atoms with Gasteiger partial charge in [-0.3, -0.25) is 9.47 Å². The Kier molecular flexibility index (Phi) is 5.65. The number of nitrogens with zero attached hydrogens (tertiary/aromatic N) is 3. The smallest absolute Gasteiger partial charge is 0.328 e. The summed E-state index contributed by atoms with van der Waals surface area (Å²) in [5.74, 6) is 0.933. The lowest BCUT2D eigenvalue weighted by molar-refractivity contribution is 0.250. The van der Waals surface area contributed by atoms with Gasteiger partial charge in [0.1, 0.15) is 5.75 Å². The summed E-state index contributed by atoms with van der Waals surface area (Å²) in [4.78, 5) is 18.8. The van der Waals surface area contributed by atoms with Gasteiger partial charge in [0, 0.05) is 32.7 Å². The van der Waals surface area contributed by atoms with Gasteiger partial charge in [-0.25, -0.2) is 4.79 Å². The van der Waals surface area contributed by atoms with Crippen LogP contribution in [0.2, 0.25) is 0 Å². The predicted molar refractivity (Wildman–Crippen MR) is 97.6 cm³/mol. The molecule has 136 valence electrons. The molecule has 1 aliphatic rings. The number of anilines is 1. The van der Waals surface area contributed by atoms with Crippen molar-refractivity contribution in [3.63, 3.8) is 0 Å². The summed E-state index contributed by atoms with van der Waals surface area (Å²) in [6, 6.07) is 8.14. The monoisotopic (exact) mass is 346 g/mol. The van der Waals surface area contributed by atoms with E-state index in [-0.39, 0.29) is 11.6 Å². The minimum absolute atomic E-state index is 0.00965. The van der Waals surface area contributed by atoms with Crippen molar-refractivity contribution in [1.29, 1.82) is 0 Å². The van der Waals surface area contributed by atoms with Gasteiger partial charge in [-0.05, 0) is 31.5 Å². The fourth-order valence-corrected chi connectivity index (χ4v) is 3.31. The van der Waals surface area contributed by atoms with Gasteiger partial charge in [0.15, 0.2) is 0 Å². The number of rotatable bonds is 7. The fraction of sp³-hybridized carbons (Fsp3) is 0.500. The summed E-state index contributed by atoms with van der Waals surface area (Å²) in [6.07, 6.45) is 3.21. The molecule has 1 saturated heterocycles. The molecule has 25 heavy (non-hydrogen) atoms. The van der Waals surface area contributed by atoms with Crippen LogP contribution < -0.4 is 15.3 Å². The molecular formula is C18H26N4O3. The summed E-state index contributed by atoms with van der Waals surface area (Å²) in [7, 11) is 1.71. The molecule has 1 fully saturated rings. The number of unbranched alkanes of at least 4 members (excludes halogenated alkanes) is 1. The topological polar surface area (TPSA) is 73.7 Å². The van der Waals surface area contributed by atoms with Crippen molar-refractivity contribution in [2.45, 2.75) is 19.4 Å². The fourth-order valence-electron chi connectivity index (χ4n) is 3.31. The van der Waals surface area contributed by atoms with Crippen molar-refractivity contribution in [2.75, 3.05) is 44.7 Å². The molecule has 0 amide bonds. The summed E-state index contributed by atoms with van der Waals surface area (Å²) in [5, 5.41) is 9.57. The highest BCUT2D eigenvalue weighted by Gasteiger charge is 2.19. The van der Waals surface area contributed by atoms with Crippen LogP contribution in [0.25, 0.3) is 0 Å². The van der Waals surface area contributed by atoms with E-state index in [4.69, 9.17) is 4.74 Å². The maximum Gasteiger partial charge on any atom is 0.328 e. The second kappa shape index (κ2) is 8.11. The van der Waals surface area contributed by atoms with E-state index in [9.17, 15) is 9.90 Å². The first-order chi connectivity index (χ1) is 12.2. The first-order valence-corrected chi connectivity index (χ1v) is 8.76. The van der Waals surface area contributed by atoms with Gasteiger partial charge in [-0.2, -0.15) is 0 Å². The standard InChI is InChI=1S/C18H26N4O3/c1-25-16-7-3-2-6-15(16)21-12-10-20(11-13-21)8-4-5-9-22-17(23)14-19-18(22)24/h2-3,6-7,14,23H,4-5,8-13H2,1H3,(H,19,24). The van der Waals surface area contributed by atoms with Crippen LogP contribution in [0, 0.1) is 0 Å². The van der Waals surface area contributed by atoms with Crippen molar-refractivity contribution in [3.8, 4) is 11.6 Å². The number of ether oxygens (including phenoxy) is 1. The van der Waals surface area contributed by atoms with Crippen LogP contribution in [0.1, 0.15) is 12.8 Å². The maximum atomic E-state index is 11.5. The molecule has 2 N–H and O–H groups in total. The predicted octanol–water partition coefficient (Wildman–Crippen LogP) is 1.49. The zero-order valence-electron chi connectivity index (χ0n) is 14.6. The zero-order chi connectivity index (χ0) is 17.6. The first-order valence-electron chi connectivity index (χ1n) is 8.76. The Morgan fingerprint density at radius 1 is 1.12 bits per heavy atom. The second-order valence-electron chi connectivity index (χ2n) is 6.31. The Balaban J connectivity index is 1.42. The number of methoxy groups -OCH3 is 1. The maximum absolute atomic E-state index is 11.5. The number of H-pyrrole nitrogens is 1. The molecule has 7 nitrogen and oxygen atoms in total. The molecule has 3 rings (SSSR count). The lowest BCUT2D eigenvalue weighted by atomic mass is 10.2. The van der Waals surface area contributed by atoms with Crippen LogP contribution in [-0.4, -0.2) is 59.4 Å². The number of aromatic amines is 1. The van der Waals surface area contributed by atoms with Crippen molar-refractivity contribution in [3.05, 3.63) is 40.9 Å². The number of nitrogens with one attached hydrogen (secondary N) is 1. The Hall–Kier alpha value is -2.41. The normalized spacial score (nSPS) is 15.5. The van der Waals surface area contributed by atoms with Gasteiger partial charge in [0.25, 0.3) is 0 Å². The molecule has 0 radical (unpaired) electrons. The van der Waals surface area contributed by atoms with Crippen molar-refractivity contribution in [2.24, 2.45) is 0 Å². The van der Waals surface area contributed by atoms with E-state index in [1.54, 1.807) is 7.11 Å². The molecule has 0 unspecified atom stereocenters. The van der Waals surface area contributed by atoms with Gasteiger partial charge < -0.3 is 19.7 Å². The van der Waals surface area contributed by atoms with Crippen LogP contribution in [0.4, 0.5) is 5.69 Å². The van der Waals surface area contributed by atoms with Crippen LogP contribution in [0.3, 0.4) is 0 Å². The van der Waals surface area contributed by atoms with Crippen LogP contribution >= 0.6 is 0 Å². The Bertz CT molecular complexity index is 732. The Labute approximate surface area is 147 Å². The Morgan fingerprint density at radius 2 is 1.84 bits per heavy atom. The van der Waals surface area contributed by atoms with Gasteiger partial charge in [0.05, 0.1) is 19.0 Å². The first kappa shape index (κ1) is 17.4. The highest BCUT2D eigenvalue weighted by molar-refractivity contribution is 5.58. The lowest BCUT2D eigenvalue weighted by Crippen LogP contribution is -2.46. The molecule has 0 spiro atoms. The molecule has 1 aromatic carbocycles. The molecule has 7 heteroatoms. The molecule has 0 saturated carbocycles. The number of imidazole rings is 1. The van der Waals surface area contributed by atoms with E-state index >= 15 is 0 Å². The van der Waals surface area contributed by atoms with E-state index in [1.165, 1.54) is 10.8 Å². The molecular weight excluding hydrogens is 320 g/mol. The molecule has 2 heterocycles. The lowest BCUT2D eigenvalue weighted by Gasteiger charge is -2.36. The minimum atomic E-state index is -0.247. The molecule has 0 bridgehead atoms. The third-order valence-corrected chi connectivity index (χ3v) is 4.75. The SMILES string of the molecule is COc1ccccc1N1CCN(CCCCn2c(O)c[nH]c2=O)CC1. The van der Waals surface area contributed by atoms with Crippen molar-refractivity contribution < 1.29 is 9.84 Å². The number of aromatic nitrogens is 2. The highest BCUT2D eigenvalue weighted by Crippen LogP contribution is 2.28. The summed E-state index contributed by atoms with van der Waals surface area (Å²) in [5.41, 5.74) is 0.912. The average molecular weight is 346 g/mol. The third kappa shape index (κ3) is 4.17. The molecule has 0 atom stereocenters. The van der Waals surface area contributed by atoms with Crippen molar-refractivity contribution >= 4 is 5.69 Å². The number of aromatic hydroxyl groups is 1. The van der Waals surface area contributed by atoms with Gasteiger partial charge >= 0.3 is 5.69 Å². The van der Waals surface area contributed by atoms with Crippen LogP contribution in [0.5, 0.6) is 11.6 Å². The van der Waals surface area contributed by atoms with E-state index in [0.29, 0.717) is 6.54 Å². The molecule has 1 aliphatic heterocycles. The number of hydrogen-bond acceptors (Lipinski definition) is 5. The van der Waals surface area contributed by atoms with E-state index in [1.807, 2.05) is 18.2 Å². The molecule has 0 aliphatic carbocycles. The molecule has 2 aromatic rings. The van der Waals surface area contributed by atoms with Gasteiger partial charge in [-0.15, -0.1) is 0 Å². The second-order valence-corrected chi connectivity index (χ2v) is 6.31. The van der Waals surface area contributed by atoms with Crippen molar-refractivity contribution in [1.82, 2.24) is 14.5 Å². The number of benzene rings is 1. The van der Waals surface area contributed by atoms with Gasteiger partial charge in [0.2, 0.25) is 5.88 Å². The van der Waals surface area contributed by atoms with E-state index < -0.39 is 0 Å². The highest BCUT2D eigenvalue weighted by atomic mass is 16.5. The summed E-state index contributed by atoms with van der Waals surface area (Å²) in [6.45, 7) is 5.58. The van der Waals surface area contributed by atoms with Gasteiger partial charge in [-0.1, -0.05) is 12.1 Å². The number of hydrogen-bond donors (Lipinski definition) is 2. The largest absolute Gasteiger partial charge is 0.495 e. The summed E-state index contributed by atoms with van der Waals surface area (Å²) < 4.78 is 6.83. The van der Waals surface area contributed by atoms with E-state index in [2.05, 4.69) is 20.9 Å². The minimum Gasteiger partial charge on any atom is -0.495 e. The van der Waals surface area contributed by atoms with Crippen LogP contribution in [-0.2, 0) is 6.54 Å². The third-order valence-electron chi connectivity index (χ3n) is 4.75. The Morgan fingerprint density at radius 3 is 2.52 bits per heavy atom. The number of piperazine rings is 1. The van der Waals surface area contributed by atoms with Crippen LogP contribution in [0.15, 0.2) is 35.3 Å². The average Bonchev–Trinajstić information content (AvgIpc) is 2.97. The van der Waals surface area contributed by atoms with E-state index in [0.717, 1.165) is 57.0 Å². The molecule has 1 aromatic heterocycles. The summed E-state index contributed by atoms with van der Waals surface area (Å²) >= 11 is 0.